The van der Waals surface area contributed by atoms with E-state index in [1.54, 1.807) is 0 Å². The highest BCUT2D eigenvalue weighted by atomic mass is 32.1. The Balaban J connectivity index is 2.13. The minimum Gasteiger partial charge on any atom is -0.310 e. The van der Waals surface area contributed by atoms with Crippen LogP contribution in [0, 0.1) is 6.92 Å². The molecule has 1 N–H and O–H groups in total. The minimum atomic E-state index is 0.327. The molecule has 0 fully saturated rings. The van der Waals surface area contributed by atoms with Crippen molar-refractivity contribution in [3.05, 3.63) is 46.7 Å². The van der Waals surface area contributed by atoms with Gasteiger partial charge in [0, 0.05) is 12.5 Å². The van der Waals surface area contributed by atoms with Gasteiger partial charge in [0.1, 0.15) is 10.8 Å². The predicted molar refractivity (Wildman–Crippen MR) is 71.2 cm³/mol. The van der Waals surface area contributed by atoms with Crippen LogP contribution in [0.25, 0.3) is 0 Å². The molecule has 1 aromatic carbocycles. The largest absolute Gasteiger partial charge is 0.310 e. The van der Waals surface area contributed by atoms with E-state index in [1.807, 2.05) is 13.0 Å². The number of hydrogen-bond donors (Lipinski definition) is 1. The lowest BCUT2D eigenvalue weighted by Crippen LogP contribution is -2.22. The zero-order chi connectivity index (χ0) is 12.1. The monoisotopic (exact) mass is 247 g/mol. The van der Waals surface area contributed by atoms with Gasteiger partial charge in [-0.3, -0.25) is 0 Å². The molecule has 4 heteroatoms. The Morgan fingerprint density at radius 3 is 2.65 bits per heavy atom. The maximum Gasteiger partial charge on any atom is 0.139 e. The molecule has 17 heavy (non-hydrogen) atoms. The molecule has 0 spiro atoms. The van der Waals surface area contributed by atoms with Crippen molar-refractivity contribution >= 4 is 11.5 Å². The molecule has 0 aliphatic carbocycles. The molecule has 3 nitrogen and oxygen atoms in total. The molecule has 2 rings (SSSR count). The van der Waals surface area contributed by atoms with E-state index in [2.05, 4.69) is 45.9 Å². The van der Waals surface area contributed by atoms with Crippen molar-refractivity contribution in [2.75, 3.05) is 6.54 Å². The number of aromatic nitrogens is 2. The smallest absolute Gasteiger partial charge is 0.139 e. The van der Waals surface area contributed by atoms with E-state index in [0.717, 1.165) is 23.8 Å². The first kappa shape index (κ1) is 12.2. The molecule has 0 bridgehead atoms. The highest BCUT2D eigenvalue weighted by Gasteiger charge is 2.13. The first-order valence-corrected chi connectivity index (χ1v) is 6.64. The summed E-state index contributed by atoms with van der Waals surface area (Å²) in [7, 11) is 0. The fourth-order valence-electron chi connectivity index (χ4n) is 1.84. The fourth-order valence-corrected chi connectivity index (χ4v) is 2.53. The summed E-state index contributed by atoms with van der Waals surface area (Å²) in [6, 6.07) is 10.8. The molecular formula is C13H17N3S. The van der Waals surface area contributed by atoms with Gasteiger partial charge in [-0.05, 0) is 30.6 Å². The molecule has 1 unspecified atom stereocenters. The lowest BCUT2D eigenvalue weighted by molar-refractivity contribution is 0.548. The normalized spacial score (nSPS) is 12.6. The standard InChI is InChI=1S/C13H17N3S/c1-3-14-12(11-7-5-4-6-8-11)9-13-15-10(2)16-17-13/h4-8,12,14H,3,9H2,1-2H3. The maximum atomic E-state index is 4.43. The van der Waals surface area contributed by atoms with Gasteiger partial charge in [0.25, 0.3) is 0 Å². The van der Waals surface area contributed by atoms with E-state index < -0.39 is 0 Å². The van der Waals surface area contributed by atoms with Crippen molar-refractivity contribution in [1.29, 1.82) is 0 Å². The second kappa shape index (κ2) is 5.89. The molecule has 0 amide bonds. The van der Waals surface area contributed by atoms with E-state index in [4.69, 9.17) is 0 Å². The highest BCUT2D eigenvalue weighted by Crippen LogP contribution is 2.19. The number of benzene rings is 1. The van der Waals surface area contributed by atoms with Crippen molar-refractivity contribution in [2.45, 2.75) is 26.3 Å². The fraction of sp³-hybridized carbons (Fsp3) is 0.385. The lowest BCUT2D eigenvalue weighted by Gasteiger charge is -2.16. The Hall–Kier alpha value is -1.26. The second-order valence-corrected chi connectivity index (χ2v) is 4.80. The molecule has 0 saturated carbocycles. The molecular weight excluding hydrogens is 230 g/mol. The van der Waals surface area contributed by atoms with Crippen LogP contribution in [0.1, 0.15) is 29.4 Å². The van der Waals surface area contributed by atoms with Crippen molar-refractivity contribution in [3.8, 4) is 0 Å². The molecule has 0 saturated heterocycles. The van der Waals surface area contributed by atoms with E-state index in [-0.39, 0.29) is 0 Å². The van der Waals surface area contributed by atoms with Gasteiger partial charge in [-0.1, -0.05) is 37.3 Å². The first-order valence-electron chi connectivity index (χ1n) is 5.87. The summed E-state index contributed by atoms with van der Waals surface area (Å²) in [6.45, 7) is 5.02. The predicted octanol–water partition coefficient (Wildman–Crippen LogP) is 2.74. The molecule has 0 radical (unpaired) electrons. The molecule has 0 aliphatic heterocycles. The quantitative estimate of drug-likeness (QED) is 0.883. The zero-order valence-corrected chi connectivity index (χ0v) is 11.0. The Bertz CT molecular complexity index is 453. The third-order valence-electron chi connectivity index (χ3n) is 2.60. The zero-order valence-electron chi connectivity index (χ0n) is 10.2. The summed E-state index contributed by atoms with van der Waals surface area (Å²) in [4.78, 5) is 4.43. The summed E-state index contributed by atoms with van der Waals surface area (Å²) in [5.41, 5.74) is 1.31. The molecule has 2 aromatic rings. The third kappa shape index (κ3) is 3.35. The van der Waals surface area contributed by atoms with Crippen LogP contribution in [0.2, 0.25) is 0 Å². The van der Waals surface area contributed by atoms with Crippen LogP contribution < -0.4 is 5.32 Å². The second-order valence-electron chi connectivity index (χ2n) is 3.96. The van der Waals surface area contributed by atoms with Crippen LogP contribution in [-0.2, 0) is 6.42 Å². The molecule has 1 heterocycles. The summed E-state index contributed by atoms with van der Waals surface area (Å²) in [5, 5.41) is 4.59. The SMILES string of the molecule is CCNC(Cc1nc(C)ns1)c1ccccc1. The minimum absolute atomic E-state index is 0.327. The van der Waals surface area contributed by atoms with E-state index in [1.165, 1.54) is 17.1 Å². The average Bonchev–Trinajstić information content (AvgIpc) is 2.75. The summed E-state index contributed by atoms with van der Waals surface area (Å²) in [5.74, 6) is 0.869. The van der Waals surface area contributed by atoms with Crippen molar-refractivity contribution in [3.63, 3.8) is 0 Å². The van der Waals surface area contributed by atoms with Crippen molar-refractivity contribution < 1.29 is 0 Å². The van der Waals surface area contributed by atoms with Crippen LogP contribution in [0.4, 0.5) is 0 Å². The summed E-state index contributed by atoms with van der Waals surface area (Å²) in [6.07, 6.45) is 0.906. The number of rotatable bonds is 5. The van der Waals surface area contributed by atoms with Crippen LogP contribution >= 0.6 is 11.5 Å². The van der Waals surface area contributed by atoms with Crippen LogP contribution in [0.3, 0.4) is 0 Å². The number of nitrogens with zero attached hydrogens (tertiary/aromatic N) is 2. The van der Waals surface area contributed by atoms with Crippen LogP contribution in [-0.4, -0.2) is 15.9 Å². The van der Waals surface area contributed by atoms with Gasteiger partial charge >= 0.3 is 0 Å². The van der Waals surface area contributed by atoms with Gasteiger partial charge in [-0.2, -0.15) is 4.37 Å². The van der Waals surface area contributed by atoms with Gasteiger partial charge in [0.2, 0.25) is 0 Å². The third-order valence-corrected chi connectivity index (χ3v) is 3.43. The Labute approximate surface area is 106 Å². The summed E-state index contributed by atoms with van der Waals surface area (Å²) >= 11 is 1.50. The summed E-state index contributed by atoms with van der Waals surface area (Å²) < 4.78 is 4.23. The van der Waals surface area contributed by atoms with E-state index in [9.17, 15) is 0 Å². The molecule has 90 valence electrons. The Morgan fingerprint density at radius 1 is 1.29 bits per heavy atom. The number of hydrogen-bond acceptors (Lipinski definition) is 4. The average molecular weight is 247 g/mol. The van der Waals surface area contributed by atoms with Gasteiger partial charge in [0.05, 0.1) is 0 Å². The lowest BCUT2D eigenvalue weighted by atomic mass is 10.0. The van der Waals surface area contributed by atoms with Crippen LogP contribution in [0.15, 0.2) is 30.3 Å². The Kier molecular flexibility index (Phi) is 4.23. The van der Waals surface area contributed by atoms with Gasteiger partial charge < -0.3 is 5.32 Å². The van der Waals surface area contributed by atoms with Crippen molar-refractivity contribution in [1.82, 2.24) is 14.7 Å². The van der Waals surface area contributed by atoms with E-state index in [0.29, 0.717) is 6.04 Å². The topological polar surface area (TPSA) is 37.8 Å². The Morgan fingerprint density at radius 2 is 2.06 bits per heavy atom. The van der Waals surface area contributed by atoms with Gasteiger partial charge in [0.15, 0.2) is 0 Å². The molecule has 0 aliphatic rings. The van der Waals surface area contributed by atoms with Gasteiger partial charge in [-0.25, -0.2) is 4.98 Å². The first-order chi connectivity index (χ1) is 8.29. The molecule has 1 atom stereocenters. The number of nitrogens with one attached hydrogen (secondary N) is 1. The number of aryl methyl sites for hydroxylation is 1. The van der Waals surface area contributed by atoms with Gasteiger partial charge in [-0.15, -0.1) is 0 Å². The molecule has 1 aromatic heterocycles. The number of likely N-dealkylation sites (N-methyl/N-ethyl adjacent to an activating group) is 1. The van der Waals surface area contributed by atoms with Crippen molar-refractivity contribution in [2.24, 2.45) is 0 Å². The maximum absolute atomic E-state index is 4.43. The highest BCUT2D eigenvalue weighted by molar-refractivity contribution is 7.05. The van der Waals surface area contributed by atoms with E-state index >= 15 is 0 Å². The van der Waals surface area contributed by atoms with Crippen LogP contribution in [0.5, 0.6) is 0 Å².